The number of nitriles is 1. The first kappa shape index (κ1) is 11.6. The van der Waals surface area contributed by atoms with Crippen molar-refractivity contribution in [3.63, 3.8) is 0 Å². The predicted molar refractivity (Wildman–Crippen MR) is 67.9 cm³/mol. The lowest BCUT2D eigenvalue weighted by molar-refractivity contribution is 1.05. The van der Waals surface area contributed by atoms with Crippen LogP contribution in [-0.4, -0.2) is 9.97 Å². The van der Waals surface area contributed by atoms with E-state index in [0.29, 0.717) is 12.1 Å². The summed E-state index contributed by atoms with van der Waals surface area (Å²) >= 11 is 1.56. The van der Waals surface area contributed by atoms with Gasteiger partial charge < -0.3 is 5.32 Å². The Kier molecular flexibility index (Phi) is 3.35. The van der Waals surface area contributed by atoms with Crippen LogP contribution < -0.4 is 5.32 Å². The summed E-state index contributed by atoms with van der Waals surface area (Å²) in [6.45, 7) is 4.39. The van der Waals surface area contributed by atoms with E-state index in [-0.39, 0.29) is 0 Å². The molecule has 2 aromatic heterocycles. The third-order valence-electron chi connectivity index (χ3n) is 2.38. The van der Waals surface area contributed by atoms with Crippen molar-refractivity contribution in [3.8, 4) is 6.07 Å². The van der Waals surface area contributed by atoms with Crippen molar-refractivity contribution in [2.24, 2.45) is 0 Å². The quantitative estimate of drug-likeness (QED) is 0.901. The number of pyridine rings is 1. The van der Waals surface area contributed by atoms with Gasteiger partial charge in [0, 0.05) is 11.1 Å². The van der Waals surface area contributed by atoms with E-state index < -0.39 is 0 Å². The summed E-state index contributed by atoms with van der Waals surface area (Å²) in [6, 6.07) is 4.07. The second-order valence-corrected chi connectivity index (χ2v) is 4.44. The molecule has 2 rings (SSSR count). The van der Waals surface area contributed by atoms with Gasteiger partial charge in [0.25, 0.3) is 0 Å². The van der Waals surface area contributed by atoms with Crippen molar-refractivity contribution in [2.75, 3.05) is 5.32 Å². The van der Waals surface area contributed by atoms with Gasteiger partial charge in [-0.2, -0.15) is 5.26 Å². The molecule has 0 saturated carbocycles. The molecule has 4 nitrogen and oxygen atoms in total. The highest BCUT2D eigenvalue weighted by atomic mass is 32.1. The summed E-state index contributed by atoms with van der Waals surface area (Å²) in [4.78, 5) is 8.46. The van der Waals surface area contributed by atoms with Crippen LogP contribution in [0.3, 0.4) is 0 Å². The van der Waals surface area contributed by atoms with Crippen LogP contribution in [-0.2, 0) is 6.54 Å². The average molecular weight is 244 g/mol. The molecular weight excluding hydrogens is 232 g/mol. The first-order valence-corrected chi connectivity index (χ1v) is 6.14. The highest BCUT2D eigenvalue weighted by Gasteiger charge is 2.07. The highest BCUT2D eigenvalue weighted by Crippen LogP contribution is 2.19. The summed E-state index contributed by atoms with van der Waals surface area (Å²) in [7, 11) is 0. The summed E-state index contributed by atoms with van der Waals surface area (Å²) in [5.74, 6) is 0. The van der Waals surface area contributed by atoms with Gasteiger partial charge in [0.2, 0.25) is 0 Å². The standard InChI is InChI=1S/C12H12N4S/c1-8-3-12(11(4-13)9(2)16-8)14-5-10-6-17-7-15-10/h3,6-7H,5H2,1-2H3,(H,14,16). The predicted octanol–water partition coefficient (Wildman–Crippen LogP) is 2.64. The SMILES string of the molecule is Cc1cc(NCc2cscn2)c(C#N)c(C)n1. The molecule has 0 bridgehead atoms. The van der Waals surface area contributed by atoms with Crippen LogP contribution in [0.25, 0.3) is 0 Å². The van der Waals surface area contributed by atoms with E-state index in [0.717, 1.165) is 22.8 Å². The van der Waals surface area contributed by atoms with E-state index in [9.17, 15) is 0 Å². The van der Waals surface area contributed by atoms with Gasteiger partial charge in [0.05, 0.1) is 34.7 Å². The molecule has 0 amide bonds. The number of nitrogens with one attached hydrogen (secondary N) is 1. The van der Waals surface area contributed by atoms with Gasteiger partial charge >= 0.3 is 0 Å². The van der Waals surface area contributed by atoms with Gasteiger partial charge in [-0.15, -0.1) is 11.3 Å². The van der Waals surface area contributed by atoms with Crippen molar-refractivity contribution < 1.29 is 0 Å². The van der Waals surface area contributed by atoms with Crippen LogP contribution in [0.15, 0.2) is 17.0 Å². The Morgan fingerprint density at radius 1 is 1.47 bits per heavy atom. The monoisotopic (exact) mass is 244 g/mol. The number of thiazole rings is 1. The number of anilines is 1. The lowest BCUT2D eigenvalue weighted by atomic mass is 10.1. The first-order chi connectivity index (χ1) is 8.20. The summed E-state index contributed by atoms with van der Waals surface area (Å²) in [6.07, 6.45) is 0. The van der Waals surface area contributed by atoms with Crippen molar-refractivity contribution in [3.05, 3.63) is 39.6 Å². The number of hydrogen-bond donors (Lipinski definition) is 1. The van der Waals surface area contributed by atoms with Crippen LogP contribution in [0.1, 0.15) is 22.6 Å². The topological polar surface area (TPSA) is 61.6 Å². The van der Waals surface area contributed by atoms with Gasteiger partial charge in [-0.25, -0.2) is 4.98 Å². The zero-order valence-electron chi connectivity index (χ0n) is 9.69. The lowest BCUT2D eigenvalue weighted by Crippen LogP contribution is -2.04. The second-order valence-electron chi connectivity index (χ2n) is 3.72. The first-order valence-electron chi connectivity index (χ1n) is 5.20. The molecule has 1 N–H and O–H groups in total. The number of nitrogens with zero attached hydrogens (tertiary/aromatic N) is 3. The lowest BCUT2D eigenvalue weighted by Gasteiger charge is -2.09. The molecule has 0 aliphatic rings. The van der Waals surface area contributed by atoms with Gasteiger partial charge in [0.1, 0.15) is 6.07 Å². The molecule has 0 unspecified atom stereocenters. The Labute approximate surface area is 104 Å². The molecule has 0 aliphatic heterocycles. The van der Waals surface area contributed by atoms with E-state index in [2.05, 4.69) is 21.4 Å². The van der Waals surface area contributed by atoms with E-state index in [4.69, 9.17) is 5.26 Å². The Balaban J connectivity index is 2.23. The number of hydrogen-bond acceptors (Lipinski definition) is 5. The largest absolute Gasteiger partial charge is 0.378 e. The molecule has 0 radical (unpaired) electrons. The van der Waals surface area contributed by atoms with Crippen molar-refractivity contribution in [1.29, 1.82) is 5.26 Å². The smallest absolute Gasteiger partial charge is 0.103 e. The molecule has 0 spiro atoms. The van der Waals surface area contributed by atoms with E-state index in [1.165, 1.54) is 0 Å². The van der Waals surface area contributed by atoms with Crippen molar-refractivity contribution in [2.45, 2.75) is 20.4 Å². The molecule has 17 heavy (non-hydrogen) atoms. The number of rotatable bonds is 3. The van der Waals surface area contributed by atoms with Crippen molar-refractivity contribution >= 4 is 17.0 Å². The summed E-state index contributed by atoms with van der Waals surface area (Å²) < 4.78 is 0. The van der Waals surface area contributed by atoms with Crippen LogP contribution in [0.5, 0.6) is 0 Å². The number of aromatic nitrogens is 2. The normalized spacial score (nSPS) is 9.94. The Morgan fingerprint density at radius 2 is 2.29 bits per heavy atom. The Hall–Kier alpha value is -1.93. The maximum absolute atomic E-state index is 9.10. The van der Waals surface area contributed by atoms with Crippen LogP contribution in [0.4, 0.5) is 5.69 Å². The zero-order valence-corrected chi connectivity index (χ0v) is 10.5. The van der Waals surface area contributed by atoms with Crippen LogP contribution in [0, 0.1) is 25.2 Å². The summed E-state index contributed by atoms with van der Waals surface area (Å²) in [5, 5.41) is 14.3. The maximum atomic E-state index is 9.10. The van der Waals surface area contributed by atoms with Crippen LogP contribution >= 0.6 is 11.3 Å². The minimum absolute atomic E-state index is 0.603. The molecule has 5 heteroatoms. The van der Waals surface area contributed by atoms with E-state index >= 15 is 0 Å². The summed E-state index contributed by atoms with van der Waals surface area (Å²) in [5.41, 5.74) is 5.86. The fraction of sp³-hybridized carbons (Fsp3) is 0.250. The number of aryl methyl sites for hydroxylation is 2. The van der Waals surface area contributed by atoms with Crippen LogP contribution in [0.2, 0.25) is 0 Å². The molecule has 0 aromatic carbocycles. The third kappa shape index (κ3) is 2.60. The third-order valence-corrected chi connectivity index (χ3v) is 3.02. The molecule has 2 aromatic rings. The van der Waals surface area contributed by atoms with Crippen molar-refractivity contribution in [1.82, 2.24) is 9.97 Å². The van der Waals surface area contributed by atoms with E-state index in [1.807, 2.05) is 25.3 Å². The maximum Gasteiger partial charge on any atom is 0.103 e. The highest BCUT2D eigenvalue weighted by molar-refractivity contribution is 7.07. The molecule has 86 valence electrons. The minimum atomic E-state index is 0.603. The van der Waals surface area contributed by atoms with E-state index in [1.54, 1.807) is 16.8 Å². The molecular formula is C12H12N4S. The van der Waals surface area contributed by atoms with Gasteiger partial charge in [-0.3, -0.25) is 4.98 Å². The Morgan fingerprint density at radius 3 is 2.94 bits per heavy atom. The molecule has 2 heterocycles. The fourth-order valence-corrected chi connectivity index (χ4v) is 2.18. The minimum Gasteiger partial charge on any atom is -0.378 e. The molecule has 0 aliphatic carbocycles. The van der Waals surface area contributed by atoms with Gasteiger partial charge in [0.15, 0.2) is 0 Å². The molecule has 0 saturated heterocycles. The average Bonchev–Trinajstić information content (AvgIpc) is 2.78. The fourth-order valence-electron chi connectivity index (χ4n) is 1.62. The second kappa shape index (κ2) is 4.93. The van der Waals surface area contributed by atoms with Gasteiger partial charge in [-0.05, 0) is 19.9 Å². The molecule has 0 atom stereocenters. The zero-order chi connectivity index (χ0) is 12.3. The molecule has 0 fully saturated rings. The van der Waals surface area contributed by atoms with Gasteiger partial charge in [-0.1, -0.05) is 0 Å². The Bertz CT molecular complexity index is 555.